The van der Waals surface area contributed by atoms with Gasteiger partial charge in [-0.1, -0.05) is 12.2 Å². The molecule has 2 heterocycles. The summed E-state index contributed by atoms with van der Waals surface area (Å²) in [6, 6.07) is 3.56. The van der Waals surface area contributed by atoms with E-state index in [0.29, 0.717) is 30.0 Å². The lowest BCUT2D eigenvalue weighted by Gasteiger charge is -2.21. The van der Waals surface area contributed by atoms with E-state index < -0.39 is 11.9 Å². The number of carbonyl (C=O) groups is 1. The molecule has 0 spiro atoms. The second-order valence-electron chi connectivity index (χ2n) is 4.37. The topological polar surface area (TPSA) is 76.2 Å². The standard InChI is InChI=1S/C13H12N2O3/c16-13(17)9-5-2-1-4-8(9)12-15-11-10(18-12)6-3-7-14-11/h1-3,6-9H,4-5H2,(H,16,17). The lowest BCUT2D eigenvalue weighted by atomic mass is 9.83. The van der Waals surface area contributed by atoms with Crippen molar-refractivity contribution in [2.45, 2.75) is 18.8 Å². The van der Waals surface area contributed by atoms with E-state index in [4.69, 9.17) is 4.42 Å². The molecule has 0 aromatic carbocycles. The number of oxazole rings is 1. The third-order valence-electron chi connectivity index (χ3n) is 3.25. The normalized spacial score (nSPS) is 23.3. The number of aliphatic carboxylic acids is 1. The number of pyridine rings is 1. The number of hydrogen-bond acceptors (Lipinski definition) is 4. The smallest absolute Gasteiger partial charge is 0.307 e. The summed E-state index contributed by atoms with van der Waals surface area (Å²) in [5.41, 5.74) is 1.14. The fraction of sp³-hybridized carbons (Fsp3) is 0.308. The number of hydrogen-bond donors (Lipinski definition) is 1. The molecule has 5 heteroatoms. The molecule has 3 rings (SSSR count). The molecule has 0 saturated carbocycles. The molecule has 2 aromatic heterocycles. The molecule has 5 nitrogen and oxygen atoms in total. The number of carboxylic acid groups (broad SMARTS) is 1. The molecule has 0 bridgehead atoms. The van der Waals surface area contributed by atoms with Crippen LogP contribution < -0.4 is 0 Å². The van der Waals surface area contributed by atoms with Gasteiger partial charge in [-0.2, -0.15) is 4.98 Å². The minimum absolute atomic E-state index is 0.207. The van der Waals surface area contributed by atoms with Crippen LogP contribution in [0.25, 0.3) is 11.2 Å². The van der Waals surface area contributed by atoms with E-state index in [1.165, 1.54) is 0 Å². The summed E-state index contributed by atoms with van der Waals surface area (Å²) < 4.78 is 5.62. The van der Waals surface area contributed by atoms with E-state index in [0.717, 1.165) is 0 Å². The van der Waals surface area contributed by atoms with E-state index >= 15 is 0 Å². The predicted molar refractivity (Wildman–Crippen MR) is 64.0 cm³/mol. The summed E-state index contributed by atoms with van der Waals surface area (Å²) in [5.74, 6) is -1.01. The summed E-state index contributed by atoms with van der Waals surface area (Å²) in [5, 5.41) is 9.23. The van der Waals surface area contributed by atoms with Crippen LogP contribution in [0.3, 0.4) is 0 Å². The van der Waals surface area contributed by atoms with E-state index in [9.17, 15) is 9.90 Å². The van der Waals surface area contributed by atoms with Crippen LogP contribution in [-0.4, -0.2) is 21.0 Å². The summed E-state index contributed by atoms with van der Waals surface area (Å²) in [6.07, 6.45) is 6.68. The fourth-order valence-electron chi connectivity index (χ4n) is 2.30. The molecule has 2 unspecified atom stereocenters. The highest BCUT2D eigenvalue weighted by molar-refractivity contribution is 5.72. The molecular formula is C13H12N2O3. The quantitative estimate of drug-likeness (QED) is 0.820. The van der Waals surface area contributed by atoms with Gasteiger partial charge in [-0.25, -0.2) is 4.98 Å². The highest BCUT2D eigenvalue weighted by Gasteiger charge is 2.33. The summed E-state index contributed by atoms with van der Waals surface area (Å²) in [4.78, 5) is 19.6. The zero-order chi connectivity index (χ0) is 12.5. The highest BCUT2D eigenvalue weighted by atomic mass is 16.4. The molecule has 0 saturated heterocycles. The maximum absolute atomic E-state index is 11.2. The first-order chi connectivity index (χ1) is 8.75. The van der Waals surface area contributed by atoms with Crippen molar-refractivity contribution in [2.24, 2.45) is 5.92 Å². The molecule has 92 valence electrons. The van der Waals surface area contributed by atoms with Crippen LogP contribution in [0, 0.1) is 5.92 Å². The van der Waals surface area contributed by atoms with Crippen molar-refractivity contribution in [1.29, 1.82) is 0 Å². The van der Waals surface area contributed by atoms with Gasteiger partial charge in [0.25, 0.3) is 0 Å². The second-order valence-corrected chi connectivity index (χ2v) is 4.37. The van der Waals surface area contributed by atoms with Crippen molar-refractivity contribution in [1.82, 2.24) is 9.97 Å². The molecule has 0 radical (unpaired) electrons. The highest BCUT2D eigenvalue weighted by Crippen LogP contribution is 2.35. The van der Waals surface area contributed by atoms with Crippen molar-refractivity contribution >= 4 is 17.2 Å². The van der Waals surface area contributed by atoms with Gasteiger partial charge in [0, 0.05) is 6.20 Å². The number of fused-ring (bicyclic) bond motifs is 1. The third kappa shape index (κ3) is 1.77. The Labute approximate surface area is 103 Å². The van der Waals surface area contributed by atoms with Gasteiger partial charge >= 0.3 is 5.97 Å². The Hall–Kier alpha value is -2.17. The first-order valence-electron chi connectivity index (χ1n) is 5.85. The Bertz CT molecular complexity index is 584. The Kier molecular flexibility index (Phi) is 2.59. The molecule has 2 atom stereocenters. The van der Waals surface area contributed by atoms with Crippen LogP contribution in [0.2, 0.25) is 0 Å². The van der Waals surface area contributed by atoms with Crippen LogP contribution in [0.5, 0.6) is 0 Å². The van der Waals surface area contributed by atoms with E-state index in [1.54, 1.807) is 18.3 Å². The van der Waals surface area contributed by atoms with Crippen molar-refractivity contribution < 1.29 is 14.3 Å². The van der Waals surface area contributed by atoms with Gasteiger partial charge in [0.1, 0.15) is 0 Å². The zero-order valence-corrected chi connectivity index (χ0v) is 9.61. The average Bonchev–Trinajstić information content (AvgIpc) is 2.82. The average molecular weight is 244 g/mol. The van der Waals surface area contributed by atoms with Gasteiger partial charge in [0.2, 0.25) is 5.89 Å². The van der Waals surface area contributed by atoms with Gasteiger partial charge in [0.15, 0.2) is 11.2 Å². The summed E-state index contributed by atoms with van der Waals surface area (Å²) in [6.45, 7) is 0. The van der Waals surface area contributed by atoms with Crippen LogP contribution in [0.1, 0.15) is 24.7 Å². The molecule has 1 aliphatic carbocycles. The van der Waals surface area contributed by atoms with Crippen molar-refractivity contribution in [3.63, 3.8) is 0 Å². The second kappa shape index (κ2) is 4.25. The molecule has 2 aromatic rings. The van der Waals surface area contributed by atoms with Gasteiger partial charge in [-0.3, -0.25) is 4.79 Å². The van der Waals surface area contributed by atoms with Gasteiger partial charge in [-0.15, -0.1) is 0 Å². The van der Waals surface area contributed by atoms with Gasteiger partial charge < -0.3 is 9.52 Å². The van der Waals surface area contributed by atoms with E-state index in [1.807, 2.05) is 12.2 Å². The van der Waals surface area contributed by atoms with Crippen LogP contribution in [0.4, 0.5) is 0 Å². The molecule has 1 N–H and O–H groups in total. The maximum Gasteiger partial charge on any atom is 0.307 e. The Morgan fingerprint density at radius 2 is 2.22 bits per heavy atom. The Morgan fingerprint density at radius 1 is 1.39 bits per heavy atom. The summed E-state index contributed by atoms with van der Waals surface area (Å²) >= 11 is 0. The number of aromatic nitrogens is 2. The Balaban J connectivity index is 2.02. The lowest BCUT2D eigenvalue weighted by molar-refractivity contribution is -0.142. The summed E-state index contributed by atoms with van der Waals surface area (Å²) in [7, 11) is 0. The monoisotopic (exact) mass is 244 g/mol. The third-order valence-corrected chi connectivity index (χ3v) is 3.25. The first-order valence-corrected chi connectivity index (χ1v) is 5.85. The molecule has 0 aliphatic heterocycles. The Morgan fingerprint density at radius 3 is 3.00 bits per heavy atom. The van der Waals surface area contributed by atoms with Crippen LogP contribution in [-0.2, 0) is 4.79 Å². The number of allylic oxidation sites excluding steroid dienone is 2. The van der Waals surface area contributed by atoms with Crippen molar-refractivity contribution in [2.75, 3.05) is 0 Å². The predicted octanol–water partition coefficient (Wildman–Crippen LogP) is 2.36. The molecule has 0 amide bonds. The molecule has 1 aliphatic rings. The van der Waals surface area contributed by atoms with Crippen LogP contribution >= 0.6 is 0 Å². The largest absolute Gasteiger partial charge is 0.481 e. The van der Waals surface area contributed by atoms with Crippen molar-refractivity contribution in [3.05, 3.63) is 36.4 Å². The maximum atomic E-state index is 11.2. The first kappa shape index (κ1) is 11.0. The van der Waals surface area contributed by atoms with E-state index in [2.05, 4.69) is 9.97 Å². The van der Waals surface area contributed by atoms with Crippen LogP contribution in [0.15, 0.2) is 34.9 Å². The number of rotatable bonds is 2. The van der Waals surface area contributed by atoms with Gasteiger partial charge in [-0.05, 0) is 25.0 Å². The SMILES string of the molecule is O=C(O)C1CC=CCC1c1nc2ncccc2o1. The molecule has 0 fully saturated rings. The van der Waals surface area contributed by atoms with Crippen molar-refractivity contribution in [3.8, 4) is 0 Å². The lowest BCUT2D eigenvalue weighted by Crippen LogP contribution is -2.23. The van der Waals surface area contributed by atoms with E-state index in [-0.39, 0.29) is 5.92 Å². The minimum atomic E-state index is -0.806. The van der Waals surface area contributed by atoms with Gasteiger partial charge in [0.05, 0.1) is 11.8 Å². The molecule has 18 heavy (non-hydrogen) atoms. The fourth-order valence-corrected chi connectivity index (χ4v) is 2.30. The molecular weight excluding hydrogens is 232 g/mol. The number of carboxylic acids is 1. The zero-order valence-electron chi connectivity index (χ0n) is 9.61. The minimum Gasteiger partial charge on any atom is -0.481 e. The number of nitrogens with zero attached hydrogens (tertiary/aromatic N) is 2.